The van der Waals surface area contributed by atoms with Crippen molar-refractivity contribution in [1.82, 2.24) is 0 Å². The smallest absolute Gasteiger partial charge is 0.0459 e. The molecule has 1 fully saturated rings. The van der Waals surface area contributed by atoms with Gasteiger partial charge in [-0.2, -0.15) is 0 Å². The van der Waals surface area contributed by atoms with Crippen molar-refractivity contribution < 1.29 is 5.11 Å². The fraction of sp³-hybridized carbons (Fsp3) is 1.00. The van der Waals surface area contributed by atoms with Gasteiger partial charge < -0.3 is 5.11 Å². The molecule has 1 saturated carbocycles. The zero-order valence-electron chi connectivity index (χ0n) is 6.30. The lowest BCUT2D eigenvalue weighted by molar-refractivity contribution is 0.0801. The first-order chi connectivity index (χ1) is 4.24. The molecule has 0 unspecified atom stereocenters. The SMILES string of the molecule is CC(C)[C@H]1C[C@@H](CO)C1. The van der Waals surface area contributed by atoms with Crippen molar-refractivity contribution in [2.75, 3.05) is 6.61 Å². The van der Waals surface area contributed by atoms with Crippen LogP contribution in [0.5, 0.6) is 0 Å². The molecular weight excluding hydrogens is 112 g/mol. The van der Waals surface area contributed by atoms with Gasteiger partial charge in [0.1, 0.15) is 0 Å². The van der Waals surface area contributed by atoms with Crippen LogP contribution >= 0.6 is 0 Å². The Labute approximate surface area is 57.1 Å². The third-order valence-electron chi connectivity index (χ3n) is 2.47. The quantitative estimate of drug-likeness (QED) is 0.599. The van der Waals surface area contributed by atoms with E-state index in [1.165, 1.54) is 12.8 Å². The first-order valence-corrected chi connectivity index (χ1v) is 3.85. The van der Waals surface area contributed by atoms with Crippen LogP contribution in [0.2, 0.25) is 0 Å². The lowest BCUT2D eigenvalue weighted by Gasteiger charge is -2.36. The molecule has 1 aliphatic carbocycles. The Morgan fingerprint density at radius 1 is 1.44 bits per heavy atom. The van der Waals surface area contributed by atoms with Gasteiger partial charge in [-0.05, 0) is 30.6 Å². The lowest BCUT2D eigenvalue weighted by atomic mass is 9.70. The second kappa shape index (κ2) is 2.70. The second-order valence-corrected chi connectivity index (χ2v) is 3.52. The van der Waals surface area contributed by atoms with Crippen LogP contribution in [0.25, 0.3) is 0 Å². The number of hydrogen-bond acceptors (Lipinski definition) is 1. The zero-order valence-corrected chi connectivity index (χ0v) is 6.30. The van der Waals surface area contributed by atoms with Gasteiger partial charge in [0.05, 0.1) is 0 Å². The van der Waals surface area contributed by atoms with Gasteiger partial charge in [-0.15, -0.1) is 0 Å². The first kappa shape index (κ1) is 7.07. The molecule has 0 bridgehead atoms. The maximum Gasteiger partial charge on any atom is 0.0459 e. The number of rotatable bonds is 2. The van der Waals surface area contributed by atoms with Gasteiger partial charge in [0.2, 0.25) is 0 Å². The highest BCUT2D eigenvalue weighted by Gasteiger charge is 2.29. The lowest BCUT2D eigenvalue weighted by Crippen LogP contribution is -2.29. The number of hydrogen-bond donors (Lipinski definition) is 1. The summed E-state index contributed by atoms with van der Waals surface area (Å²) in [6, 6.07) is 0. The Bertz CT molecular complexity index is 82.6. The maximum atomic E-state index is 8.69. The molecule has 0 radical (unpaired) electrons. The van der Waals surface area contributed by atoms with E-state index >= 15 is 0 Å². The van der Waals surface area contributed by atoms with E-state index in [4.69, 9.17) is 5.11 Å². The molecule has 1 aliphatic rings. The second-order valence-electron chi connectivity index (χ2n) is 3.52. The molecular formula is C8H16O. The molecule has 9 heavy (non-hydrogen) atoms. The Balaban J connectivity index is 2.12. The largest absolute Gasteiger partial charge is 0.396 e. The summed E-state index contributed by atoms with van der Waals surface area (Å²) in [5.74, 6) is 2.37. The van der Waals surface area contributed by atoms with E-state index in [1.807, 2.05) is 0 Å². The van der Waals surface area contributed by atoms with Gasteiger partial charge in [-0.3, -0.25) is 0 Å². The van der Waals surface area contributed by atoms with Crippen LogP contribution in [0.4, 0.5) is 0 Å². The third-order valence-corrected chi connectivity index (χ3v) is 2.47. The predicted octanol–water partition coefficient (Wildman–Crippen LogP) is 1.66. The van der Waals surface area contributed by atoms with Crippen molar-refractivity contribution in [3.63, 3.8) is 0 Å². The first-order valence-electron chi connectivity index (χ1n) is 3.85. The molecule has 0 saturated heterocycles. The van der Waals surface area contributed by atoms with Crippen LogP contribution in [-0.4, -0.2) is 11.7 Å². The minimum Gasteiger partial charge on any atom is -0.396 e. The van der Waals surface area contributed by atoms with E-state index in [0.29, 0.717) is 12.5 Å². The normalized spacial score (nSPS) is 34.7. The van der Waals surface area contributed by atoms with E-state index in [1.54, 1.807) is 0 Å². The Kier molecular flexibility index (Phi) is 2.12. The molecule has 1 N–H and O–H groups in total. The monoisotopic (exact) mass is 128 g/mol. The highest BCUT2D eigenvalue weighted by Crippen LogP contribution is 2.37. The molecule has 0 aliphatic heterocycles. The highest BCUT2D eigenvalue weighted by molar-refractivity contribution is 4.80. The van der Waals surface area contributed by atoms with Crippen LogP contribution in [0.1, 0.15) is 26.7 Å². The summed E-state index contributed by atoms with van der Waals surface area (Å²) in [6.45, 7) is 4.93. The van der Waals surface area contributed by atoms with Gasteiger partial charge in [0.15, 0.2) is 0 Å². The molecule has 0 amide bonds. The van der Waals surface area contributed by atoms with Crippen LogP contribution in [-0.2, 0) is 0 Å². The summed E-state index contributed by atoms with van der Waals surface area (Å²) < 4.78 is 0. The van der Waals surface area contributed by atoms with Crippen molar-refractivity contribution in [1.29, 1.82) is 0 Å². The number of aliphatic hydroxyl groups excluding tert-OH is 1. The molecule has 1 heteroatoms. The van der Waals surface area contributed by atoms with E-state index < -0.39 is 0 Å². The number of aliphatic hydroxyl groups is 1. The average molecular weight is 128 g/mol. The topological polar surface area (TPSA) is 20.2 Å². The predicted molar refractivity (Wildman–Crippen MR) is 38.1 cm³/mol. The molecule has 0 aromatic rings. The molecule has 0 atom stereocenters. The summed E-state index contributed by atoms with van der Waals surface area (Å²) in [4.78, 5) is 0. The summed E-state index contributed by atoms with van der Waals surface area (Å²) in [5, 5.41) is 8.69. The van der Waals surface area contributed by atoms with Gasteiger partial charge >= 0.3 is 0 Å². The Morgan fingerprint density at radius 3 is 2.33 bits per heavy atom. The molecule has 54 valence electrons. The van der Waals surface area contributed by atoms with Gasteiger partial charge in [-0.1, -0.05) is 13.8 Å². The van der Waals surface area contributed by atoms with Crippen molar-refractivity contribution in [2.45, 2.75) is 26.7 Å². The van der Waals surface area contributed by atoms with E-state index in [-0.39, 0.29) is 0 Å². The van der Waals surface area contributed by atoms with Crippen molar-refractivity contribution in [3.8, 4) is 0 Å². The fourth-order valence-electron chi connectivity index (χ4n) is 1.48. The molecule has 0 aromatic carbocycles. The molecule has 1 nitrogen and oxygen atoms in total. The van der Waals surface area contributed by atoms with Crippen LogP contribution in [0, 0.1) is 17.8 Å². The average Bonchev–Trinajstić information content (AvgIpc) is 1.61. The molecule has 0 spiro atoms. The van der Waals surface area contributed by atoms with Crippen molar-refractivity contribution in [2.24, 2.45) is 17.8 Å². The van der Waals surface area contributed by atoms with Gasteiger partial charge in [-0.25, -0.2) is 0 Å². The summed E-state index contributed by atoms with van der Waals surface area (Å²) in [6.07, 6.45) is 2.52. The Morgan fingerprint density at radius 2 is 2.00 bits per heavy atom. The standard InChI is InChI=1S/C8H16O/c1-6(2)8-3-7(4-8)5-9/h6-9H,3-5H2,1-2H3/t7-,8+. The van der Waals surface area contributed by atoms with E-state index in [2.05, 4.69) is 13.8 Å². The minimum absolute atomic E-state index is 0.406. The highest BCUT2D eigenvalue weighted by atomic mass is 16.3. The van der Waals surface area contributed by atoms with E-state index in [9.17, 15) is 0 Å². The van der Waals surface area contributed by atoms with Crippen molar-refractivity contribution >= 4 is 0 Å². The molecule has 0 aromatic heterocycles. The van der Waals surface area contributed by atoms with Gasteiger partial charge in [0.25, 0.3) is 0 Å². The summed E-state index contributed by atoms with van der Waals surface area (Å²) in [7, 11) is 0. The minimum atomic E-state index is 0.406. The Hall–Kier alpha value is -0.0400. The van der Waals surface area contributed by atoms with Crippen LogP contribution in [0.3, 0.4) is 0 Å². The zero-order chi connectivity index (χ0) is 6.85. The van der Waals surface area contributed by atoms with E-state index in [0.717, 1.165) is 11.8 Å². The summed E-state index contributed by atoms with van der Waals surface area (Å²) in [5.41, 5.74) is 0. The van der Waals surface area contributed by atoms with Crippen molar-refractivity contribution in [3.05, 3.63) is 0 Å². The molecule has 1 rings (SSSR count). The van der Waals surface area contributed by atoms with Crippen LogP contribution < -0.4 is 0 Å². The maximum absolute atomic E-state index is 8.69. The van der Waals surface area contributed by atoms with Crippen LogP contribution in [0.15, 0.2) is 0 Å². The third kappa shape index (κ3) is 1.45. The fourth-order valence-corrected chi connectivity index (χ4v) is 1.48. The molecule has 0 heterocycles. The van der Waals surface area contributed by atoms with Gasteiger partial charge in [0, 0.05) is 6.61 Å². The summed E-state index contributed by atoms with van der Waals surface area (Å²) >= 11 is 0.